The second-order valence-corrected chi connectivity index (χ2v) is 4.84. The number of carbonyl (C=O) groups is 1. The van der Waals surface area contributed by atoms with Crippen LogP contribution in [-0.2, 0) is 6.61 Å². The van der Waals surface area contributed by atoms with E-state index in [1.807, 2.05) is 24.3 Å². The minimum atomic E-state index is -1.05. The van der Waals surface area contributed by atoms with Crippen molar-refractivity contribution < 1.29 is 14.6 Å². The first-order valence-electron chi connectivity index (χ1n) is 5.65. The molecule has 0 unspecified atom stereocenters. The molecule has 0 saturated heterocycles. The van der Waals surface area contributed by atoms with Gasteiger partial charge in [-0.15, -0.1) is 0 Å². The summed E-state index contributed by atoms with van der Waals surface area (Å²) in [6, 6.07) is 10.8. The highest BCUT2D eigenvalue weighted by molar-refractivity contribution is 9.10. The van der Waals surface area contributed by atoms with E-state index in [2.05, 4.69) is 20.9 Å². The van der Waals surface area contributed by atoms with Gasteiger partial charge in [-0.3, -0.25) is 0 Å². The van der Waals surface area contributed by atoms with Crippen LogP contribution in [0.3, 0.4) is 0 Å². The van der Waals surface area contributed by atoms with Gasteiger partial charge in [-0.25, -0.2) is 9.78 Å². The minimum Gasteiger partial charge on any atom is -0.477 e. The summed E-state index contributed by atoms with van der Waals surface area (Å²) in [5, 5.41) is 9.08. The number of carboxylic acids is 1. The molecule has 0 radical (unpaired) electrons. The van der Waals surface area contributed by atoms with E-state index in [-0.39, 0.29) is 18.1 Å². The molecule has 2 rings (SSSR count). The van der Waals surface area contributed by atoms with Crippen molar-refractivity contribution in [2.45, 2.75) is 13.5 Å². The summed E-state index contributed by atoms with van der Waals surface area (Å²) in [6.45, 7) is 2.05. The maximum Gasteiger partial charge on any atom is 0.341 e. The lowest BCUT2D eigenvalue weighted by molar-refractivity contribution is 0.0690. The van der Waals surface area contributed by atoms with Crippen LogP contribution in [0.5, 0.6) is 5.88 Å². The number of ether oxygens (including phenoxy) is 1. The number of hydrogen-bond donors (Lipinski definition) is 1. The van der Waals surface area contributed by atoms with E-state index in [4.69, 9.17) is 9.84 Å². The van der Waals surface area contributed by atoms with E-state index in [0.717, 1.165) is 10.0 Å². The van der Waals surface area contributed by atoms with Crippen LogP contribution in [0.15, 0.2) is 40.9 Å². The molecule has 1 aromatic carbocycles. The quantitative estimate of drug-likeness (QED) is 0.937. The monoisotopic (exact) mass is 321 g/mol. The van der Waals surface area contributed by atoms with Gasteiger partial charge < -0.3 is 9.84 Å². The third-order valence-corrected chi connectivity index (χ3v) is 3.33. The summed E-state index contributed by atoms with van der Waals surface area (Å²) in [5.74, 6) is -0.905. The van der Waals surface area contributed by atoms with Crippen molar-refractivity contribution in [1.82, 2.24) is 4.98 Å². The van der Waals surface area contributed by atoms with Crippen LogP contribution in [0, 0.1) is 6.92 Å². The zero-order valence-corrected chi connectivity index (χ0v) is 11.8. The van der Waals surface area contributed by atoms with Gasteiger partial charge in [-0.2, -0.15) is 0 Å². The molecule has 19 heavy (non-hydrogen) atoms. The van der Waals surface area contributed by atoms with Crippen molar-refractivity contribution in [3.8, 4) is 5.88 Å². The molecule has 0 aliphatic rings. The molecule has 98 valence electrons. The Labute approximate surface area is 119 Å². The number of nitrogens with zero attached hydrogens (tertiary/aromatic N) is 1. The fraction of sp³-hybridized carbons (Fsp3) is 0.143. The molecule has 1 heterocycles. The van der Waals surface area contributed by atoms with Gasteiger partial charge in [0.2, 0.25) is 5.88 Å². The first-order chi connectivity index (χ1) is 9.08. The lowest BCUT2D eigenvalue weighted by atomic mass is 10.2. The first-order valence-corrected chi connectivity index (χ1v) is 6.44. The third kappa shape index (κ3) is 3.32. The van der Waals surface area contributed by atoms with Crippen LogP contribution in [0.4, 0.5) is 0 Å². The SMILES string of the molecule is Cc1ccc(C(=O)O)c(OCc2ccccc2Br)n1. The maximum absolute atomic E-state index is 11.1. The lowest BCUT2D eigenvalue weighted by Crippen LogP contribution is -2.06. The molecule has 0 spiro atoms. The van der Waals surface area contributed by atoms with Crippen molar-refractivity contribution in [1.29, 1.82) is 0 Å². The van der Waals surface area contributed by atoms with Crippen LogP contribution in [0.2, 0.25) is 0 Å². The molecular formula is C14H12BrNO3. The fourth-order valence-electron chi connectivity index (χ4n) is 1.57. The van der Waals surface area contributed by atoms with Crippen molar-refractivity contribution in [3.05, 3.63) is 57.7 Å². The molecule has 4 nitrogen and oxygen atoms in total. The molecule has 0 amide bonds. The van der Waals surface area contributed by atoms with E-state index in [0.29, 0.717) is 5.69 Å². The van der Waals surface area contributed by atoms with E-state index < -0.39 is 5.97 Å². The predicted molar refractivity (Wildman–Crippen MR) is 74.4 cm³/mol. The second kappa shape index (κ2) is 5.84. The summed E-state index contributed by atoms with van der Waals surface area (Å²) < 4.78 is 6.44. The number of aromatic nitrogens is 1. The number of pyridine rings is 1. The average molecular weight is 322 g/mol. The molecule has 0 fully saturated rings. The lowest BCUT2D eigenvalue weighted by Gasteiger charge is -2.09. The molecule has 5 heteroatoms. The van der Waals surface area contributed by atoms with E-state index in [9.17, 15) is 4.79 Å². The summed E-state index contributed by atoms with van der Waals surface area (Å²) in [7, 11) is 0. The molecule has 1 N–H and O–H groups in total. The Bertz CT molecular complexity index is 613. The predicted octanol–water partition coefficient (Wildman–Crippen LogP) is 3.43. The van der Waals surface area contributed by atoms with E-state index in [1.165, 1.54) is 6.07 Å². The van der Waals surface area contributed by atoms with Gasteiger partial charge in [0.1, 0.15) is 12.2 Å². The highest BCUT2D eigenvalue weighted by atomic mass is 79.9. The summed E-state index contributed by atoms with van der Waals surface area (Å²) >= 11 is 3.42. The number of halogens is 1. The second-order valence-electron chi connectivity index (χ2n) is 3.99. The molecule has 0 aliphatic carbocycles. The van der Waals surface area contributed by atoms with Gasteiger partial charge >= 0.3 is 5.97 Å². The van der Waals surface area contributed by atoms with Crippen LogP contribution in [0.1, 0.15) is 21.6 Å². The Kier molecular flexibility index (Phi) is 4.16. The highest BCUT2D eigenvalue weighted by Crippen LogP contribution is 2.21. The molecular weight excluding hydrogens is 310 g/mol. The molecule has 0 atom stereocenters. The number of aryl methyl sites for hydroxylation is 1. The van der Waals surface area contributed by atoms with Crippen molar-refractivity contribution >= 4 is 21.9 Å². The number of rotatable bonds is 4. The Morgan fingerprint density at radius 2 is 2.05 bits per heavy atom. The van der Waals surface area contributed by atoms with Crippen LogP contribution < -0.4 is 4.74 Å². The van der Waals surface area contributed by atoms with Crippen molar-refractivity contribution in [3.63, 3.8) is 0 Å². The van der Waals surface area contributed by atoms with Crippen LogP contribution in [-0.4, -0.2) is 16.1 Å². The van der Waals surface area contributed by atoms with Crippen LogP contribution in [0.25, 0.3) is 0 Å². The van der Waals surface area contributed by atoms with Gasteiger partial charge in [0.15, 0.2) is 0 Å². The zero-order valence-electron chi connectivity index (χ0n) is 10.3. The van der Waals surface area contributed by atoms with Crippen molar-refractivity contribution in [2.24, 2.45) is 0 Å². The zero-order chi connectivity index (χ0) is 13.8. The van der Waals surface area contributed by atoms with Gasteiger partial charge in [0, 0.05) is 15.7 Å². The molecule has 1 aromatic heterocycles. The maximum atomic E-state index is 11.1. The van der Waals surface area contributed by atoms with Gasteiger partial charge in [-0.05, 0) is 25.1 Å². The molecule has 2 aromatic rings. The number of carboxylic acid groups (broad SMARTS) is 1. The smallest absolute Gasteiger partial charge is 0.341 e. The molecule has 0 bridgehead atoms. The van der Waals surface area contributed by atoms with Crippen molar-refractivity contribution in [2.75, 3.05) is 0 Å². The highest BCUT2D eigenvalue weighted by Gasteiger charge is 2.13. The largest absolute Gasteiger partial charge is 0.477 e. The Balaban J connectivity index is 2.22. The Morgan fingerprint density at radius 3 is 2.74 bits per heavy atom. The summed E-state index contributed by atoms with van der Waals surface area (Å²) in [6.07, 6.45) is 0. The number of hydrogen-bond acceptors (Lipinski definition) is 3. The fourth-order valence-corrected chi connectivity index (χ4v) is 1.97. The molecule has 0 saturated carbocycles. The average Bonchev–Trinajstić information content (AvgIpc) is 2.37. The van der Waals surface area contributed by atoms with Gasteiger partial charge in [0.05, 0.1) is 0 Å². The third-order valence-electron chi connectivity index (χ3n) is 2.55. The Morgan fingerprint density at radius 1 is 1.32 bits per heavy atom. The van der Waals surface area contributed by atoms with Gasteiger partial charge in [-0.1, -0.05) is 34.1 Å². The van der Waals surface area contributed by atoms with E-state index in [1.54, 1.807) is 13.0 Å². The van der Waals surface area contributed by atoms with Gasteiger partial charge in [0.25, 0.3) is 0 Å². The number of aromatic carboxylic acids is 1. The first kappa shape index (κ1) is 13.5. The topological polar surface area (TPSA) is 59.4 Å². The standard InChI is InChI=1S/C14H12BrNO3/c1-9-6-7-11(14(17)18)13(16-9)19-8-10-4-2-3-5-12(10)15/h2-7H,8H2,1H3,(H,17,18). The normalized spacial score (nSPS) is 10.2. The molecule has 0 aliphatic heterocycles. The number of benzene rings is 1. The van der Waals surface area contributed by atoms with Crippen LogP contribution >= 0.6 is 15.9 Å². The minimum absolute atomic E-state index is 0.0673. The summed E-state index contributed by atoms with van der Waals surface area (Å²) in [4.78, 5) is 15.2. The van der Waals surface area contributed by atoms with E-state index >= 15 is 0 Å². The summed E-state index contributed by atoms with van der Waals surface area (Å²) in [5.41, 5.74) is 1.71. The Hall–Kier alpha value is -1.88.